The molecule has 2 fully saturated rings. The molecule has 1 amide bonds. The normalized spacial score (nSPS) is 40.0. The summed E-state index contributed by atoms with van der Waals surface area (Å²) in [4.78, 5) is 23.1. The zero-order valence-electron chi connectivity index (χ0n) is 10.5. The Balaban J connectivity index is 1.91. The van der Waals surface area contributed by atoms with Gasteiger partial charge >= 0.3 is 5.97 Å². The summed E-state index contributed by atoms with van der Waals surface area (Å²) in [5.74, 6) is -0.710. The smallest absolute Gasteiger partial charge is 0.307 e. The Hall–Kier alpha value is -1.06. The zero-order chi connectivity index (χ0) is 12.6. The number of carbonyl (C=O) groups excluding carboxylic acids is 1. The quantitative estimate of drug-likeness (QED) is 0.784. The Morgan fingerprint density at radius 3 is 2.41 bits per heavy atom. The molecule has 2 saturated carbocycles. The number of carboxylic acids is 1. The minimum Gasteiger partial charge on any atom is -0.481 e. The maximum Gasteiger partial charge on any atom is 0.307 e. The van der Waals surface area contributed by atoms with Gasteiger partial charge in [-0.2, -0.15) is 0 Å². The number of amides is 1. The molecule has 0 aromatic carbocycles. The first kappa shape index (κ1) is 12.4. The third-order valence-electron chi connectivity index (χ3n) is 4.23. The van der Waals surface area contributed by atoms with E-state index in [-0.39, 0.29) is 11.8 Å². The fourth-order valence-electron chi connectivity index (χ4n) is 3.02. The molecule has 4 heteroatoms. The lowest BCUT2D eigenvalue weighted by molar-refractivity contribution is -0.146. The summed E-state index contributed by atoms with van der Waals surface area (Å²) in [6.07, 6.45) is 3.50. The number of hydrogen-bond acceptors (Lipinski definition) is 2. The summed E-state index contributed by atoms with van der Waals surface area (Å²) in [7, 11) is 0. The van der Waals surface area contributed by atoms with Gasteiger partial charge < -0.3 is 10.4 Å². The number of carbonyl (C=O) groups is 2. The van der Waals surface area contributed by atoms with Gasteiger partial charge in [-0.1, -0.05) is 20.3 Å². The van der Waals surface area contributed by atoms with Gasteiger partial charge in [0.15, 0.2) is 0 Å². The molecule has 2 aliphatic rings. The van der Waals surface area contributed by atoms with Crippen LogP contribution in [-0.2, 0) is 9.59 Å². The van der Waals surface area contributed by atoms with Crippen LogP contribution in [0.4, 0.5) is 0 Å². The summed E-state index contributed by atoms with van der Waals surface area (Å²) < 4.78 is 0. The molecule has 96 valence electrons. The highest BCUT2D eigenvalue weighted by Gasteiger charge is 2.44. The molecular weight excluding hydrogens is 218 g/mol. The van der Waals surface area contributed by atoms with Crippen LogP contribution in [0.3, 0.4) is 0 Å². The van der Waals surface area contributed by atoms with E-state index in [1.165, 1.54) is 0 Å². The Morgan fingerprint density at radius 1 is 1.24 bits per heavy atom. The average molecular weight is 239 g/mol. The van der Waals surface area contributed by atoms with Crippen LogP contribution in [0.15, 0.2) is 0 Å². The van der Waals surface area contributed by atoms with E-state index in [2.05, 4.69) is 12.2 Å². The van der Waals surface area contributed by atoms with E-state index in [0.717, 1.165) is 12.8 Å². The second-order valence-corrected chi connectivity index (χ2v) is 5.65. The molecule has 5 atom stereocenters. The number of aliphatic carboxylic acids is 1. The van der Waals surface area contributed by atoms with Crippen molar-refractivity contribution in [3.8, 4) is 0 Å². The molecule has 4 nitrogen and oxygen atoms in total. The van der Waals surface area contributed by atoms with Gasteiger partial charge in [0.1, 0.15) is 0 Å². The van der Waals surface area contributed by atoms with Crippen molar-refractivity contribution in [2.75, 3.05) is 0 Å². The largest absolute Gasteiger partial charge is 0.481 e. The van der Waals surface area contributed by atoms with Gasteiger partial charge in [-0.05, 0) is 31.1 Å². The summed E-state index contributed by atoms with van der Waals surface area (Å²) in [6.45, 7) is 4.14. The number of hydrogen-bond donors (Lipinski definition) is 2. The highest BCUT2D eigenvalue weighted by atomic mass is 16.4. The van der Waals surface area contributed by atoms with Crippen molar-refractivity contribution in [2.24, 2.45) is 23.7 Å². The van der Waals surface area contributed by atoms with Crippen LogP contribution < -0.4 is 5.32 Å². The molecule has 2 rings (SSSR count). The van der Waals surface area contributed by atoms with Gasteiger partial charge in [-0.3, -0.25) is 9.59 Å². The maximum absolute atomic E-state index is 12.0. The molecule has 0 saturated heterocycles. The molecular formula is C13H21NO3. The average Bonchev–Trinajstić information content (AvgIpc) is 2.89. The highest BCUT2D eigenvalue weighted by Crippen LogP contribution is 2.38. The lowest BCUT2D eigenvalue weighted by atomic mass is 9.95. The zero-order valence-corrected chi connectivity index (χ0v) is 10.5. The fraction of sp³-hybridized carbons (Fsp3) is 0.846. The Labute approximate surface area is 102 Å². The molecule has 0 heterocycles. The molecule has 0 radical (unpaired) electrons. The van der Waals surface area contributed by atoms with Crippen molar-refractivity contribution < 1.29 is 14.7 Å². The summed E-state index contributed by atoms with van der Waals surface area (Å²) in [5, 5.41) is 12.1. The van der Waals surface area contributed by atoms with Crippen LogP contribution in [0, 0.1) is 23.7 Å². The molecule has 2 N–H and O–H groups in total. The van der Waals surface area contributed by atoms with Gasteiger partial charge in [-0.15, -0.1) is 0 Å². The first-order valence-corrected chi connectivity index (χ1v) is 6.56. The van der Waals surface area contributed by atoms with Crippen LogP contribution in [0.1, 0.15) is 39.5 Å². The number of rotatable bonds is 4. The summed E-state index contributed by atoms with van der Waals surface area (Å²) in [6, 6.07) is 0.304. The van der Waals surface area contributed by atoms with Gasteiger partial charge in [0.2, 0.25) is 5.91 Å². The van der Waals surface area contributed by atoms with E-state index in [9.17, 15) is 9.59 Å². The van der Waals surface area contributed by atoms with E-state index in [1.54, 1.807) is 0 Å². The van der Waals surface area contributed by atoms with Crippen molar-refractivity contribution in [2.45, 2.75) is 45.6 Å². The molecule has 17 heavy (non-hydrogen) atoms. The predicted molar refractivity (Wildman–Crippen MR) is 63.3 cm³/mol. The van der Waals surface area contributed by atoms with Crippen molar-refractivity contribution in [1.29, 1.82) is 0 Å². The SMILES string of the molecule is CCC1CC1NC(=O)C1CC(C)CC1C(=O)O. The molecule has 0 aromatic heterocycles. The number of carboxylic acid groups (broad SMARTS) is 1. The topological polar surface area (TPSA) is 66.4 Å². The van der Waals surface area contributed by atoms with E-state index in [4.69, 9.17) is 5.11 Å². The molecule has 0 spiro atoms. The van der Waals surface area contributed by atoms with Gasteiger partial charge in [0.25, 0.3) is 0 Å². The molecule has 0 aliphatic heterocycles. The van der Waals surface area contributed by atoms with E-state index in [1.807, 2.05) is 6.92 Å². The molecule has 2 aliphatic carbocycles. The van der Waals surface area contributed by atoms with Crippen LogP contribution in [0.5, 0.6) is 0 Å². The Morgan fingerprint density at radius 2 is 1.88 bits per heavy atom. The van der Waals surface area contributed by atoms with Gasteiger partial charge in [0.05, 0.1) is 11.8 Å². The molecule has 0 aromatic rings. The first-order valence-electron chi connectivity index (χ1n) is 6.56. The van der Waals surface area contributed by atoms with Crippen molar-refractivity contribution >= 4 is 11.9 Å². The highest BCUT2D eigenvalue weighted by molar-refractivity contribution is 5.85. The van der Waals surface area contributed by atoms with Crippen molar-refractivity contribution in [1.82, 2.24) is 5.32 Å². The predicted octanol–water partition coefficient (Wildman–Crippen LogP) is 1.65. The first-order chi connectivity index (χ1) is 8.02. The van der Waals surface area contributed by atoms with Crippen molar-refractivity contribution in [3.05, 3.63) is 0 Å². The monoisotopic (exact) mass is 239 g/mol. The van der Waals surface area contributed by atoms with Crippen LogP contribution in [0.25, 0.3) is 0 Å². The van der Waals surface area contributed by atoms with E-state index >= 15 is 0 Å². The Kier molecular flexibility index (Phi) is 3.40. The third-order valence-corrected chi connectivity index (χ3v) is 4.23. The second kappa shape index (κ2) is 4.67. The van der Waals surface area contributed by atoms with Crippen molar-refractivity contribution in [3.63, 3.8) is 0 Å². The lowest BCUT2D eigenvalue weighted by Crippen LogP contribution is -2.37. The van der Waals surface area contributed by atoms with Crippen LogP contribution >= 0.6 is 0 Å². The minimum absolute atomic E-state index is 0.0392. The lowest BCUT2D eigenvalue weighted by Gasteiger charge is -2.15. The van der Waals surface area contributed by atoms with E-state index in [0.29, 0.717) is 30.7 Å². The second-order valence-electron chi connectivity index (χ2n) is 5.65. The third kappa shape index (κ3) is 2.61. The van der Waals surface area contributed by atoms with Gasteiger partial charge in [0, 0.05) is 6.04 Å². The number of nitrogens with one attached hydrogen (secondary N) is 1. The molecule has 0 bridgehead atoms. The molecule has 5 unspecified atom stereocenters. The Bertz CT molecular complexity index is 329. The standard InChI is InChI=1S/C13H21NO3/c1-3-8-6-11(8)14-12(15)9-4-7(2)5-10(9)13(16)17/h7-11H,3-6H2,1-2H3,(H,14,15)(H,16,17). The van der Waals surface area contributed by atoms with Gasteiger partial charge in [-0.25, -0.2) is 0 Å². The van der Waals surface area contributed by atoms with Crippen LogP contribution in [-0.4, -0.2) is 23.0 Å². The maximum atomic E-state index is 12.0. The van der Waals surface area contributed by atoms with Crippen LogP contribution in [0.2, 0.25) is 0 Å². The summed E-state index contributed by atoms with van der Waals surface area (Å²) >= 11 is 0. The fourth-order valence-corrected chi connectivity index (χ4v) is 3.02. The minimum atomic E-state index is -0.822. The van der Waals surface area contributed by atoms with E-state index < -0.39 is 11.9 Å². The summed E-state index contributed by atoms with van der Waals surface area (Å²) in [5.41, 5.74) is 0.